The molecule has 3 rings (SSSR count). The fourth-order valence-electron chi connectivity index (χ4n) is 3.76. The highest BCUT2D eigenvalue weighted by Crippen LogP contribution is 2.31. The summed E-state index contributed by atoms with van der Waals surface area (Å²) < 4.78 is 0. The number of amides is 1. The van der Waals surface area contributed by atoms with Gasteiger partial charge in [0.25, 0.3) is 5.91 Å². The van der Waals surface area contributed by atoms with Crippen molar-refractivity contribution in [2.75, 3.05) is 38.3 Å². The van der Waals surface area contributed by atoms with Gasteiger partial charge < -0.3 is 20.9 Å². The molecule has 0 aliphatic heterocycles. The maximum atomic E-state index is 12.5. The van der Waals surface area contributed by atoms with Crippen molar-refractivity contribution >= 4 is 34.8 Å². The Kier molecular flexibility index (Phi) is 9.44. The predicted molar refractivity (Wildman–Crippen MR) is 148 cm³/mol. The van der Waals surface area contributed by atoms with Gasteiger partial charge in [0.15, 0.2) is 6.29 Å². The summed E-state index contributed by atoms with van der Waals surface area (Å²) in [6, 6.07) is 23.5. The Morgan fingerprint density at radius 3 is 2.33 bits per heavy atom. The summed E-state index contributed by atoms with van der Waals surface area (Å²) in [5.74, 6) is 5.14. The zero-order chi connectivity index (χ0) is 25.9. The molecule has 3 N–H and O–H groups in total. The molecule has 0 atom stereocenters. The molecule has 0 fully saturated rings. The zero-order valence-corrected chi connectivity index (χ0v) is 21.2. The highest BCUT2D eigenvalue weighted by atomic mass is 16.1. The molecule has 0 radical (unpaired) electrons. The zero-order valence-electron chi connectivity index (χ0n) is 21.2. The number of nitrogens with one attached hydrogen (secondary N) is 3. The van der Waals surface area contributed by atoms with E-state index in [0.29, 0.717) is 23.4 Å². The van der Waals surface area contributed by atoms with Crippen molar-refractivity contribution in [3.8, 4) is 11.8 Å². The first-order valence-electron chi connectivity index (χ1n) is 11.8. The minimum Gasteiger partial charge on any atom is -0.388 e. The fourth-order valence-corrected chi connectivity index (χ4v) is 3.76. The fraction of sp³-hybridized carbons (Fsp3) is 0.200. The number of benzene rings is 3. The Balaban J connectivity index is 2.06. The summed E-state index contributed by atoms with van der Waals surface area (Å²) in [6.07, 6.45) is 0.867. The Morgan fingerprint density at radius 1 is 1.00 bits per heavy atom. The first-order chi connectivity index (χ1) is 17.4. The third-order valence-electron chi connectivity index (χ3n) is 5.41. The van der Waals surface area contributed by atoms with Crippen LogP contribution in [0.15, 0.2) is 72.8 Å². The molecule has 0 aliphatic carbocycles. The second kappa shape index (κ2) is 12.9. The number of rotatable bonds is 9. The second-order valence-corrected chi connectivity index (χ2v) is 8.45. The normalized spacial score (nSPS) is 11.1. The first-order valence-corrected chi connectivity index (χ1v) is 11.8. The van der Waals surface area contributed by atoms with Gasteiger partial charge in [0.1, 0.15) is 0 Å². The molecule has 6 heteroatoms. The number of nitrogens with zero attached hydrogens (tertiary/aromatic N) is 1. The highest BCUT2D eigenvalue weighted by molar-refractivity contribution is 6.20. The smallest absolute Gasteiger partial charge is 0.296 e. The van der Waals surface area contributed by atoms with E-state index in [0.717, 1.165) is 35.3 Å². The highest BCUT2D eigenvalue weighted by Gasteiger charge is 2.15. The van der Waals surface area contributed by atoms with Gasteiger partial charge >= 0.3 is 0 Å². The van der Waals surface area contributed by atoms with Crippen LogP contribution >= 0.6 is 0 Å². The summed E-state index contributed by atoms with van der Waals surface area (Å²) in [7, 11) is 5.87. The minimum absolute atomic E-state index is 0.326. The van der Waals surface area contributed by atoms with Gasteiger partial charge in [0, 0.05) is 54.1 Å². The number of anilines is 2. The maximum Gasteiger partial charge on any atom is 0.296 e. The van der Waals surface area contributed by atoms with E-state index in [1.54, 1.807) is 7.05 Å². The van der Waals surface area contributed by atoms with E-state index >= 15 is 0 Å². The lowest BCUT2D eigenvalue weighted by Gasteiger charge is -2.18. The molecular weight excluding hydrogens is 448 g/mol. The lowest BCUT2D eigenvalue weighted by molar-refractivity contribution is -0.115. The van der Waals surface area contributed by atoms with Crippen molar-refractivity contribution < 1.29 is 9.59 Å². The van der Waals surface area contributed by atoms with Crippen LogP contribution in [0.1, 0.15) is 29.2 Å². The molecule has 36 heavy (non-hydrogen) atoms. The standard InChI is InChI=1S/C30H32N4O2/c1-5-32-29(36)18-14-22-13-17-26(28(19-22)31-2)27(21-35)30(24-9-7-6-8-10-24)33-25-15-11-23(12-16-25)20-34(3)4/h6-13,15-17,19,21,31,33H,5,20H2,1-4H3,(H,32,36)/b30-27+. The monoisotopic (exact) mass is 480 g/mol. The number of allylic oxidation sites excluding steroid dienone is 1. The molecular formula is C30H32N4O2. The van der Waals surface area contributed by atoms with Crippen molar-refractivity contribution in [2.45, 2.75) is 13.5 Å². The lowest BCUT2D eigenvalue weighted by Crippen LogP contribution is -2.20. The van der Waals surface area contributed by atoms with Gasteiger partial charge in [-0.1, -0.05) is 54.5 Å². The number of carbonyl (C=O) groups is 2. The number of aldehydes is 1. The third-order valence-corrected chi connectivity index (χ3v) is 5.41. The van der Waals surface area contributed by atoms with E-state index in [1.807, 2.05) is 81.7 Å². The van der Waals surface area contributed by atoms with Gasteiger partial charge in [-0.25, -0.2) is 0 Å². The van der Waals surface area contributed by atoms with Crippen molar-refractivity contribution in [1.82, 2.24) is 10.2 Å². The molecule has 0 unspecified atom stereocenters. The van der Waals surface area contributed by atoms with E-state index in [1.165, 1.54) is 5.56 Å². The molecule has 0 saturated heterocycles. The van der Waals surface area contributed by atoms with Crippen LogP contribution in [-0.2, 0) is 16.1 Å². The molecule has 0 aliphatic rings. The summed E-state index contributed by atoms with van der Waals surface area (Å²) in [4.78, 5) is 26.4. The van der Waals surface area contributed by atoms with Crippen molar-refractivity contribution in [3.05, 3.63) is 95.1 Å². The lowest BCUT2D eigenvalue weighted by atomic mass is 9.97. The molecule has 184 valence electrons. The quantitative estimate of drug-likeness (QED) is 0.183. The summed E-state index contributed by atoms with van der Waals surface area (Å²) >= 11 is 0. The van der Waals surface area contributed by atoms with E-state index in [9.17, 15) is 9.59 Å². The minimum atomic E-state index is -0.326. The van der Waals surface area contributed by atoms with E-state index in [2.05, 4.69) is 44.8 Å². The van der Waals surface area contributed by atoms with Gasteiger partial charge in [0.05, 0.1) is 5.70 Å². The molecule has 0 bridgehead atoms. The van der Waals surface area contributed by atoms with Gasteiger partial charge in [-0.05, 0) is 56.4 Å². The Morgan fingerprint density at radius 2 is 1.72 bits per heavy atom. The average molecular weight is 481 g/mol. The Bertz CT molecular complexity index is 1280. The predicted octanol–water partition coefficient (Wildman–Crippen LogP) is 4.46. The van der Waals surface area contributed by atoms with Crippen LogP contribution in [0.5, 0.6) is 0 Å². The number of carbonyl (C=O) groups excluding carboxylic acids is 2. The molecule has 3 aromatic rings. The first kappa shape index (κ1) is 26.3. The molecule has 1 amide bonds. The van der Waals surface area contributed by atoms with Crippen LogP contribution in [-0.4, -0.2) is 44.8 Å². The molecule has 0 saturated carbocycles. The van der Waals surface area contributed by atoms with Crippen molar-refractivity contribution in [3.63, 3.8) is 0 Å². The topological polar surface area (TPSA) is 73.5 Å². The largest absolute Gasteiger partial charge is 0.388 e. The van der Waals surface area contributed by atoms with Crippen LogP contribution in [0.3, 0.4) is 0 Å². The molecule has 0 heterocycles. The van der Waals surface area contributed by atoms with Gasteiger partial charge in [0.2, 0.25) is 0 Å². The van der Waals surface area contributed by atoms with E-state index in [-0.39, 0.29) is 5.91 Å². The van der Waals surface area contributed by atoms with Gasteiger partial charge in [-0.15, -0.1) is 0 Å². The van der Waals surface area contributed by atoms with Crippen molar-refractivity contribution in [1.29, 1.82) is 0 Å². The van der Waals surface area contributed by atoms with E-state index in [4.69, 9.17) is 0 Å². The summed E-state index contributed by atoms with van der Waals surface area (Å²) in [5, 5.41) is 9.30. The third kappa shape index (κ3) is 7.08. The SMILES string of the molecule is CCNC(=O)C#Cc1ccc(/C(C=O)=C(/Nc2ccc(CN(C)C)cc2)c2ccccc2)c(NC)c1. The van der Waals surface area contributed by atoms with Crippen LogP contribution in [0, 0.1) is 11.8 Å². The maximum absolute atomic E-state index is 12.5. The van der Waals surface area contributed by atoms with Crippen LogP contribution in [0.25, 0.3) is 11.3 Å². The van der Waals surface area contributed by atoms with Crippen LogP contribution < -0.4 is 16.0 Å². The van der Waals surface area contributed by atoms with Crippen LogP contribution in [0.4, 0.5) is 11.4 Å². The molecule has 0 aromatic heterocycles. The summed E-state index contributed by atoms with van der Waals surface area (Å²) in [6.45, 7) is 3.22. The molecule has 6 nitrogen and oxygen atoms in total. The summed E-state index contributed by atoms with van der Waals surface area (Å²) in [5.41, 5.74) is 6.31. The number of hydrogen-bond acceptors (Lipinski definition) is 5. The van der Waals surface area contributed by atoms with Gasteiger partial charge in [-0.2, -0.15) is 0 Å². The Labute approximate surface area is 213 Å². The second-order valence-electron chi connectivity index (χ2n) is 8.45. The Hall–Kier alpha value is -4.34. The van der Waals surface area contributed by atoms with Gasteiger partial charge in [-0.3, -0.25) is 9.59 Å². The van der Waals surface area contributed by atoms with Crippen LogP contribution in [0.2, 0.25) is 0 Å². The molecule has 0 spiro atoms. The van der Waals surface area contributed by atoms with Crippen molar-refractivity contribution in [2.24, 2.45) is 0 Å². The molecule has 3 aromatic carbocycles. The van der Waals surface area contributed by atoms with E-state index < -0.39 is 0 Å². The number of hydrogen-bond donors (Lipinski definition) is 3. The average Bonchev–Trinajstić information content (AvgIpc) is 2.89.